The summed E-state index contributed by atoms with van der Waals surface area (Å²) in [7, 11) is 0. The predicted octanol–water partition coefficient (Wildman–Crippen LogP) is 3.18. The van der Waals surface area contributed by atoms with Gasteiger partial charge in [-0.15, -0.1) is 16.4 Å². The molecule has 0 amide bonds. The molecule has 4 aromatic rings. The monoisotopic (exact) mass is 342 g/mol. The van der Waals surface area contributed by atoms with Gasteiger partial charge in [-0.2, -0.15) is 4.52 Å². The fraction of sp³-hybridized carbons (Fsp3) is 0.0667. The highest BCUT2D eigenvalue weighted by molar-refractivity contribution is 7.99. The molecular formula is C15H10N4O2S2. The van der Waals surface area contributed by atoms with Crippen LogP contribution in [-0.4, -0.2) is 36.4 Å². The van der Waals surface area contributed by atoms with Crippen molar-refractivity contribution < 1.29 is 9.90 Å². The third kappa shape index (κ3) is 2.55. The van der Waals surface area contributed by atoms with Gasteiger partial charge >= 0.3 is 5.97 Å². The fourth-order valence-corrected chi connectivity index (χ4v) is 3.58. The molecule has 0 aliphatic heterocycles. The number of aliphatic carboxylic acids is 1. The van der Waals surface area contributed by atoms with E-state index >= 15 is 0 Å². The van der Waals surface area contributed by atoms with Crippen LogP contribution in [0.2, 0.25) is 0 Å². The van der Waals surface area contributed by atoms with Crippen molar-refractivity contribution in [2.75, 3.05) is 5.75 Å². The van der Waals surface area contributed by atoms with Crippen molar-refractivity contribution in [3.8, 4) is 10.7 Å². The first kappa shape index (κ1) is 14.2. The molecule has 0 unspecified atom stereocenters. The quantitative estimate of drug-likeness (QED) is 0.453. The van der Waals surface area contributed by atoms with Crippen LogP contribution in [0.15, 0.2) is 46.9 Å². The number of hydrogen-bond acceptors (Lipinski definition) is 6. The summed E-state index contributed by atoms with van der Waals surface area (Å²) in [4.78, 5) is 21.0. The summed E-state index contributed by atoms with van der Waals surface area (Å²) < 4.78 is 1.63. The maximum Gasteiger partial charge on any atom is 0.313 e. The molecule has 1 N–H and O–H groups in total. The van der Waals surface area contributed by atoms with Crippen LogP contribution in [0.5, 0.6) is 0 Å². The second kappa shape index (κ2) is 5.64. The van der Waals surface area contributed by atoms with Gasteiger partial charge in [0.05, 0.1) is 16.1 Å². The van der Waals surface area contributed by atoms with Crippen molar-refractivity contribution in [2.24, 2.45) is 0 Å². The van der Waals surface area contributed by atoms with Crippen molar-refractivity contribution in [1.29, 1.82) is 0 Å². The average molecular weight is 342 g/mol. The smallest absolute Gasteiger partial charge is 0.313 e. The van der Waals surface area contributed by atoms with Crippen LogP contribution in [0.25, 0.3) is 27.3 Å². The number of benzene rings is 1. The number of aromatic nitrogens is 4. The summed E-state index contributed by atoms with van der Waals surface area (Å²) in [5.41, 5.74) is 1.46. The molecule has 3 heterocycles. The molecule has 1 aromatic carbocycles. The van der Waals surface area contributed by atoms with Crippen LogP contribution in [-0.2, 0) is 4.79 Å². The second-order valence-corrected chi connectivity index (χ2v) is 6.63. The Bertz CT molecular complexity index is 1010. The maximum absolute atomic E-state index is 10.9. The molecule has 0 radical (unpaired) electrons. The molecule has 4 rings (SSSR count). The molecule has 0 aliphatic carbocycles. The molecule has 0 saturated heterocycles. The minimum atomic E-state index is -0.892. The molecule has 0 saturated carbocycles. The molecule has 0 bridgehead atoms. The normalized spacial score (nSPS) is 11.3. The highest BCUT2D eigenvalue weighted by atomic mass is 32.2. The highest BCUT2D eigenvalue weighted by Crippen LogP contribution is 2.27. The summed E-state index contributed by atoms with van der Waals surface area (Å²) in [5.74, 6) is -0.346. The lowest BCUT2D eigenvalue weighted by Gasteiger charge is -2.04. The van der Waals surface area contributed by atoms with Crippen molar-refractivity contribution in [1.82, 2.24) is 19.6 Å². The SMILES string of the molecule is O=C(O)CSc1nc2ccccc2c2nc(-c3cccs3)nn12. The van der Waals surface area contributed by atoms with Crippen LogP contribution < -0.4 is 0 Å². The third-order valence-electron chi connectivity index (χ3n) is 3.22. The minimum Gasteiger partial charge on any atom is -0.481 e. The topological polar surface area (TPSA) is 80.4 Å². The van der Waals surface area contributed by atoms with E-state index in [1.165, 1.54) is 0 Å². The van der Waals surface area contributed by atoms with Gasteiger partial charge in [0.1, 0.15) is 0 Å². The van der Waals surface area contributed by atoms with Gasteiger partial charge in [0.2, 0.25) is 0 Å². The van der Waals surface area contributed by atoms with Gasteiger partial charge in [0.25, 0.3) is 0 Å². The van der Waals surface area contributed by atoms with Crippen LogP contribution in [0.1, 0.15) is 0 Å². The van der Waals surface area contributed by atoms with E-state index in [-0.39, 0.29) is 5.75 Å². The molecule has 0 aliphatic rings. The van der Waals surface area contributed by atoms with E-state index in [1.807, 2.05) is 41.8 Å². The molecule has 0 atom stereocenters. The molecule has 0 spiro atoms. The summed E-state index contributed by atoms with van der Waals surface area (Å²) >= 11 is 2.70. The van der Waals surface area contributed by atoms with E-state index in [2.05, 4.69) is 15.1 Å². The Morgan fingerprint density at radius 1 is 1.22 bits per heavy atom. The number of carbonyl (C=O) groups is 1. The number of carboxylic acid groups (broad SMARTS) is 1. The third-order valence-corrected chi connectivity index (χ3v) is 5.00. The lowest BCUT2D eigenvalue weighted by atomic mass is 10.2. The summed E-state index contributed by atoms with van der Waals surface area (Å²) in [6, 6.07) is 11.6. The first-order chi connectivity index (χ1) is 11.2. The molecule has 114 valence electrons. The molecule has 23 heavy (non-hydrogen) atoms. The molecule has 3 aromatic heterocycles. The molecule has 8 heteroatoms. The van der Waals surface area contributed by atoms with E-state index in [1.54, 1.807) is 15.9 Å². The Morgan fingerprint density at radius 3 is 2.87 bits per heavy atom. The fourth-order valence-electron chi connectivity index (χ4n) is 2.26. The lowest BCUT2D eigenvalue weighted by molar-refractivity contribution is -0.133. The van der Waals surface area contributed by atoms with E-state index in [0.717, 1.165) is 27.5 Å². The number of thiophene rings is 1. The first-order valence-electron chi connectivity index (χ1n) is 6.76. The number of para-hydroxylation sites is 1. The Hall–Kier alpha value is -2.45. The Morgan fingerprint density at radius 2 is 2.09 bits per heavy atom. The Balaban J connectivity index is 1.96. The van der Waals surface area contributed by atoms with Gasteiger partial charge in [-0.1, -0.05) is 30.0 Å². The predicted molar refractivity (Wildman–Crippen MR) is 90.0 cm³/mol. The van der Waals surface area contributed by atoms with E-state index in [0.29, 0.717) is 16.6 Å². The molecular weight excluding hydrogens is 332 g/mol. The summed E-state index contributed by atoms with van der Waals surface area (Å²) in [6.07, 6.45) is 0. The average Bonchev–Trinajstić information content (AvgIpc) is 3.21. The number of nitrogens with zero attached hydrogens (tertiary/aromatic N) is 4. The number of rotatable bonds is 4. The zero-order chi connectivity index (χ0) is 15.8. The standard InChI is InChI=1S/C15H10N4O2S2/c20-12(21)8-23-15-16-10-5-2-1-4-9(10)14-17-13(18-19(14)15)11-6-3-7-22-11/h1-7H,8H2,(H,20,21). The summed E-state index contributed by atoms with van der Waals surface area (Å²) in [6.45, 7) is 0. The van der Waals surface area contributed by atoms with E-state index in [9.17, 15) is 4.79 Å². The van der Waals surface area contributed by atoms with Crippen LogP contribution in [0.3, 0.4) is 0 Å². The Kier molecular flexibility index (Phi) is 3.47. The second-order valence-electron chi connectivity index (χ2n) is 4.74. The van der Waals surface area contributed by atoms with Crippen LogP contribution >= 0.6 is 23.1 Å². The van der Waals surface area contributed by atoms with Crippen LogP contribution in [0.4, 0.5) is 0 Å². The highest BCUT2D eigenvalue weighted by Gasteiger charge is 2.15. The molecule has 6 nitrogen and oxygen atoms in total. The minimum absolute atomic E-state index is 0.0748. The van der Waals surface area contributed by atoms with E-state index in [4.69, 9.17) is 5.11 Å². The van der Waals surface area contributed by atoms with Gasteiger partial charge < -0.3 is 5.11 Å². The zero-order valence-corrected chi connectivity index (χ0v) is 13.3. The van der Waals surface area contributed by atoms with E-state index < -0.39 is 5.97 Å². The van der Waals surface area contributed by atoms with Gasteiger partial charge in [0, 0.05) is 5.39 Å². The number of hydrogen-bond donors (Lipinski definition) is 1. The van der Waals surface area contributed by atoms with Gasteiger partial charge in [0.15, 0.2) is 16.6 Å². The number of fused-ring (bicyclic) bond motifs is 3. The number of carboxylic acids is 1. The Labute approximate surface area is 138 Å². The first-order valence-corrected chi connectivity index (χ1v) is 8.63. The van der Waals surface area contributed by atoms with Crippen molar-refractivity contribution >= 4 is 45.6 Å². The number of thioether (sulfide) groups is 1. The maximum atomic E-state index is 10.9. The summed E-state index contributed by atoms with van der Waals surface area (Å²) in [5, 5.41) is 16.8. The molecule has 0 fully saturated rings. The largest absolute Gasteiger partial charge is 0.481 e. The lowest BCUT2D eigenvalue weighted by Crippen LogP contribution is -2.03. The zero-order valence-electron chi connectivity index (χ0n) is 11.7. The van der Waals surface area contributed by atoms with Gasteiger partial charge in [-0.25, -0.2) is 9.97 Å². The van der Waals surface area contributed by atoms with Crippen molar-refractivity contribution in [3.05, 3.63) is 41.8 Å². The van der Waals surface area contributed by atoms with Crippen molar-refractivity contribution in [2.45, 2.75) is 5.16 Å². The van der Waals surface area contributed by atoms with Gasteiger partial charge in [-0.05, 0) is 23.6 Å². The van der Waals surface area contributed by atoms with Crippen LogP contribution in [0, 0.1) is 0 Å². The van der Waals surface area contributed by atoms with Gasteiger partial charge in [-0.3, -0.25) is 4.79 Å². The van der Waals surface area contributed by atoms with Crippen molar-refractivity contribution in [3.63, 3.8) is 0 Å².